The molecule has 2 aromatic rings. The number of carbonyl (C=O) groups excluding carboxylic acids is 1. The second-order valence-electron chi connectivity index (χ2n) is 4.58. The monoisotopic (exact) mass is 272 g/mol. The molecule has 0 N–H and O–H groups in total. The topological polar surface area (TPSA) is 26.3 Å². The molecule has 3 heteroatoms. The summed E-state index contributed by atoms with van der Waals surface area (Å²) in [6.45, 7) is 3.80. The number of rotatable bonds is 4. The van der Waals surface area contributed by atoms with E-state index in [1.54, 1.807) is 26.0 Å². The Hall–Kier alpha value is -2.16. The molecule has 0 amide bonds. The van der Waals surface area contributed by atoms with E-state index in [0.717, 1.165) is 5.56 Å². The van der Waals surface area contributed by atoms with Gasteiger partial charge in [0, 0.05) is 5.56 Å². The van der Waals surface area contributed by atoms with E-state index in [9.17, 15) is 9.18 Å². The molecule has 0 aliphatic rings. The van der Waals surface area contributed by atoms with Crippen LogP contribution in [0.3, 0.4) is 0 Å². The minimum atomic E-state index is -0.464. The molecule has 0 aliphatic carbocycles. The summed E-state index contributed by atoms with van der Waals surface area (Å²) in [7, 11) is 0. The molecule has 1 atom stereocenters. The van der Waals surface area contributed by atoms with Crippen molar-refractivity contribution < 1.29 is 13.9 Å². The molecule has 0 aromatic heterocycles. The van der Waals surface area contributed by atoms with Gasteiger partial charge in [-0.1, -0.05) is 42.5 Å². The lowest BCUT2D eigenvalue weighted by Gasteiger charge is -2.12. The van der Waals surface area contributed by atoms with Crippen molar-refractivity contribution in [2.75, 3.05) is 6.61 Å². The minimum Gasteiger partial charge on any atom is -0.466 e. The second-order valence-corrected chi connectivity index (χ2v) is 4.58. The molecule has 0 radical (unpaired) electrons. The first-order valence-corrected chi connectivity index (χ1v) is 6.65. The van der Waals surface area contributed by atoms with Crippen molar-refractivity contribution >= 4 is 5.97 Å². The number of esters is 1. The summed E-state index contributed by atoms with van der Waals surface area (Å²) in [5, 5.41) is 0. The molecule has 2 nitrogen and oxygen atoms in total. The highest BCUT2D eigenvalue weighted by Crippen LogP contribution is 2.26. The Morgan fingerprint density at radius 1 is 1.20 bits per heavy atom. The van der Waals surface area contributed by atoms with Gasteiger partial charge in [0.15, 0.2) is 0 Å². The van der Waals surface area contributed by atoms with Crippen molar-refractivity contribution in [3.05, 3.63) is 59.9 Å². The maximum atomic E-state index is 14.2. The van der Waals surface area contributed by atoms with Crippen LogP contribution in [0.25, 0.3) is 11.1 Å². The van der Waals surface area contributed by atoms with Gasteiger partial charge in [0.25, 0.3) is 0 Å². The summed E-state index contributed by atoms with van der Waals surface area (Å²) in [6.07, 6.45) is 0. The lowest BCUT2D eigenvalue weighted by Crippen LogP contribution is -2.13. The van der Waals surface area contributed by atoms with Crippen LogP contribution in [-0.2, 0) is 9.53 Å². The van der Waals surface area contributed by atoms with Crippen LogP contribution in [0.1, 0.15) is 25.3 Å². The van der Waals surface area contributed by atoms with Crippen LogP contribution >= 0.6 is 0 Å². The molecule has 0 saturated carbocycles. The first-order valence-electron chi connectivity index (χ1n) is 6.65. The maximum Gasteiger partial charge on any atom is 0.313 e. The summed E-state index contributed by atoms with van der Waals surface area (Å²) in [4.78, 5) is 11.7. The van der Waals surface area contributed by atoms with Gasteiger partial charge < -0.3 is 4.74 Å². The zero-order valence-electron chi connectivity index (χ0n) is 11.6. The molecular weight excluding hydrogens is 255 g/mol. The van der Waals surface area contributed by atoms with Gasteiger partial charge in [0.1, 0.15) is 5.82 Å². The smallest absolute Gasteiger partial charge is 0.313 e. The quantitative estimate of drug-likeness (QED) is 0.781. The number of benzene rings is 2. The summed E-state index contributed by atoms with van der Waals surface area (Å²) in [6, 6.07) is 14.2. The molecule has 0 bridgehead atoms. The van der Waals surface area contributed by atoms with Crippen molar-refractivity contribution in [3.63, 3.8) is 0 Å². The number of hydrogen-bond donors (Lipinski definition) is 0. The van der Waals surface area contributed by atoms with Crippen molar-refractivity contribution in [3.8, 4) is 11.1 Å². The third kappa shape index (κ3) is 3.05. The van der Waals surface area contributed by atoms with Gasteiger partial charge in [-0.3, -0.25) is 4.79 Å². The van der Waals surface area contributed by atoms with Crippen molar-refractivity contribution in [1.82, 2.24) is 0 Å². The molecule has 0 aliphatic heterocycles. The molecular formula is C17H17FO2. The van der Waals surface area contributed by atoms with Gasteiger partial charge >= 0.3 is 5.97 Å². The first-order chi connectivity index (χ1) is 9.63. The fourth-order valence-electron chi connectivity index (χ4n) is 2.06. The van der Waals surface area contributed by atoms with Crippen LogP contribution in [0, 0.1) is 5.82 Å². The lowest BCUT2D eigenvalue weighted by molar-refractivity contribution is -0.144. The predicted octanol–water partition coefficient (Wildman–Crippen LogP) is 4.16. The van der Waals surface area contributed by atoms with E-state index in [1.807, 2.05) is 30.3 Å². The predicted molar refractivity (Wildman–Crippen MR) is 76.9 cm³/mol. The highest BCUT2D eigenvalue weighted by molar-refractivity contribution is 5.78. The number of ether oxygens (including phenoxy) is 1. The number of halogens is 1. The molecule has 104 valence electrons. The zero-order chi connectivity index (χ0) is 14.5. The first kappa shape index (κ1) is 14.3. The third-order valence-electron chi connectivity index (χ3n) is 3.22. The highest BCUT2D eigenvalue weighted by atomic mass is 19.1. The largest absolute Gasteiger partial charge is 0.466 e. The molecule has 0 heterocycles. The lowest BCUT2D eigenvalue weighted by atomic mass is 9.97. The summed E-state index contributed by atoms with van der Waals surface area (Å²) in [5.74, 6) is -1.13. The van der Waals surface area contributed by atoms with E-state index in [2.05, 4.69) is 0 Å². The molecule has 2 rings (SSSR count). The Bertz CT molecular complexity index is 593. The normalized spacial score (nSPS) is 11.9. The van der Waals surface area contributed by atoms with Crippen LogP contribution in [-0.4, -0.2) is 12.6 Å². The Labute approximate surface area is 118 Å². The number of carbonyl (C=O) groups is 1. The van der Waals surface area contributed by atoms with E-state index in [-0.39, 0.29) is 11.8 Å². The van der Waals surface area contributed by atoms with Gasteiger partial charge in [-0.05, 0) is 31.0 Å². The molecule has 20 heavy (non-hydrogen) atoms. The van der Waals surface area contributed by atoms with E-state index >= 15 is 0 Å². The maximum absolute atomic E-state index is 14.2. The van der Waals surface area contributed by atoms with Crippen LogP contribution < -0.4 is 0 Å². The molecule has 2 aromatic carbocycles. The second kappa shape index (κ2) is 6.33. The van der Waals surface area contributed by atoms with Crippen LogP contribution in [0.15, 0.2) is 48.5 Å². The van der Waals surface area contributed by atoms with Gasteiger partial charge in [-0.15, -0.1) is 0 Å². The fourth-order valence-corrected chi connectivity index (χ4v) is 2.06. The summed E-state index contributed by atoms with van der Waals surface area (Å²) < 4.78 is 19.1. The molecule has 0 saturated heterocycles. The SMILES string of the molecule is CCOC(=O)[C@@H](C)c1ccc(-c2ccccc2)c(F)c1. The van der Waals surface area contributed by atoms with Crippen molar-refractivity contribution in [2.24, 2.45) is 0 Å². The van der Waals surface area contributed by atoms with E-state index in [0.29, 0.717) is 17.7 Å². The average Bonchev–Trinajstić information content (AvgIpc) is 2.47. The van der Waals surface area contributed by atoms with Crippen LogP contribution in [0.2, 0.25) is 0 Å². The van der Waals surface area contributed by atoms with E-state index in [4.69, 9.17) is 4.74 Å². The van der Waals surface area contributed by atoms with Gasteiger partial charge in [-0.25, -0.2) is 4.39 Å². The highest BCUT2D eigenvalue weighted by Gasteiger charge is 2.18. The fraction of sp³-hybridized carbons (Fsp3) is 0.235. The Balaban J connectivity index is 2.29. The van der Waals surface area contributed by atoms with E-state index < -0.39 is 5.92 Å². The van der Waals surface area contributed by atoms with Gasteiger partial charge in [-0.2, -0.15) is 0 Å². The minimum absolute atomic E-state index is 0.327. The molecule has 0 unspecified atom stereocenters. The number of hydrogen-bond acceptors (Lipinski definition) is 2. The molecule has 0 spiro atoms. The van der Waals surface area contributed by atoms with E-state index in [1.165, 1.54) is 6.07 Å². The van der Waals surface area contributed by atoms with Gasteiger partial charge in [0.2, 0.25) is 0 Å². The van der Waals surface area contributed by atoms with Crippen LogP contribution in [0.4, 0.5) is 4.39 Å². The van der Waals surface area contributed by atoms with Crippen LogP contribution in [0.5, 0.6) is 0 Å². The Kier molecular flexibility index (Phi) is 4.51. The standard InChI is InChI=1S/C17H17FO2/c1-3-20-17(19)12(2)14-9-10-15(16(18)11-14)13-7-5-4-6-8-13/h4-12H,3H2,1-2H3/t12-/m0/s1. The van der Waals surface area contributed by atoms with Crippen molar-refractivity contribution in [1.29, 1.82) is 0 Å². The third-order valence-corrected chi connectivity index (χ3v) is 3.22. The average molecular weight is 272 g/mol. The summed E-state index contributed by atoms with van der Waals surface area (Å²) >= 11 is 0. The summed E-state index contributed by atoms with van der Waals surface area (Å²) in [5.41, 5.74) is 1.98. The van der Waals surface area contributed by atoms with Gasteiger partial charge in [0.05, 0.1) is 12.5 Å². The molecule has 0 fully saturated rings. The Morgan fingerprint density at radius 2 is 1.90 bits per heavy atom. The zero-order valence-corrected chi connectivity index (χ0v) is 11.6. The van der Waals surface area contributed by atoms with Crippen molar-refractivity contribution in [2.45, 2.75) is 19.8 Å². The Morgan fingerprint density at radius 3 is 2.50 bits per heavy atom.